The number of hydrogen-bond acceptors (Lipinski definition) is 4. The van der Waals surface area contributed by atoms with E-state index in [1.807, 2.05) is 37.2 Å². The Morgan fingerprint density at radius 1 is 1.24 bits per heavy atom. The van der Waals surface area contributed by atoms with Crippen LogP contribution in [0.1, 0.15) is 0 Å². The second-order valence-corrected chi connectivity index (χ2v) is 3.97. The predicted octanol–water partition coefficient (Wildman–Crippen LogP) is 1.09. The number of anilines is 2. The third-order valence-corrected chi connectivity index (χ3v) is 2.48. The van der Waals surface area contributed by atoms with Crippen molar-refractivity contribution in [1.29, 1.82) is 0 Å². The van der Waals surface area contributed by atoms with E-state index in [0.29, 0.717) is 11.4 Å². The first-order valence-corrected chi connectivity index (χ1v) is 5.21. The lowest BCUT2D eigenvalue weighted by atomic mass is 10.1. The zero-order chi connectivity index (χ0) is 12.4. The molecule has 0 atom stereocenters. The van der Waals surface area contributed by atoms with E-state index in [9.17, 15) is 4.79 Å². The highest BCUT2D eigenvalue weighted by Crippen LogP contribution is 2.26. The number of nitrogen functional groups attached to an aromatic ring is 1. The van der Waals surface area contributed by atoms with Gasteiger partial charge in [0, 0.05) is 25.7 Å². The van der Waals surface area contributed by atoms with E-state index in [0.717, 1.165) is 11.3 Å². The molecule has 2 aromatic rings. The van der Waals surface area contributed by atoms with Crippen molar-refractivity contribution in [3.8, 4) is 11.3 Å². The molecule has 2 rings (SSSR count). The van der Waals surface area contributed by atoms with Gasteiger partial charge >= 0.3 is 0 Å². The Kier molecular flexibility index (Phi) is 2.82. The fourth-order valence-electron chi connectivity index (χ4n) is 1.63. The summed E-state index contributed by atoms with van der Waals surface area (Å²) in [5, 5.41) is 6.36. The Balaban J connectivity index is 2.44. The molecule has 1 heterocycles. The Hall–Kier alpha value is -2.30. The summed E-state index contributed by atoms with van der Waals surface area (Å²) >= 11 is 0. The lowest BCUT2D eigenvalue weighted by Gasteiger charge is -2.15. The molecule has 0 unspecified atom stereocenters. The quantitative estimate of drug-likeness (QED) is 0.757. The van der Waals surface area contributed by atoms with Gasteiger partial charge < -0.3 is 10.6 Å². The Morgan fingerprint density at radius 3 is 2.53 bits per heavy atom. The Morgan fingerprint density at radius 2 is 2.00 bits per heavy atom. The monoisotopic (exact) mass is 230 g/mol. The van der Waals surface area contributed by atoms with Crippen LogP contribution in [0.4, 0.5) is 11.4 Å². The van der Waals surface area contributed by atoms with Crippen LogP contribution < -0.4 is 16.2 Å². The molecule has 5 heteroatoms. The third-order valence-electron chi connectivity index (χ3n) is 2.48. The summed E-state index contributed by atoms with van der Waals surface area (Å²) in [6.07, 6.45) is 0. The fourth-order valence-corrected chi connectivity index (χ4v) is 1.63. The van der Waals surface area contributed by atoms with Crippen LogP contribution in [-0.2, 0) is 0 Å². The minimum atomic E-state index is -0.216. The van der Waals surface area contributed by atoms with Gasteiger partial charge in [-0.25, -0.2) is 5.10 Å². The van der Waals surface area contributed by atoms with Crippen molar-refractivity contribution in [2.75, 3.05) is 24.7 Å². The standard InChI is InChI=1S/C12H14N4O/c1-16(2)11-5-3-8(7-9(11)13)10-4-6-12(17)15-14-10/h3-7H,13H2,1-2H3,(H,15,17). The number of benzene rings is 1. The maximum Gasteiger partial charge on any atom is 0.264 e. The van der Waals surface area contributed by atoms with Crippen molar-refractivity contribution in [1.82, 2.24) is 10.2 Å². The summed E-state index contributed by atoms with van der Waals surface area (Å²) in [5.41, 5.74) is 8.94. The van der Waals surface area contributed by atoms with E-state index >= 15 is 0 Å². The van der Waals surface area contributed by atoms with Crippen molar-refractivity contribution >= 4 is 11.4 Å². The lowest BCUT2D eigenvalue weighted by molar-refractivity contribution is 0.995. The third kappa shape index (κ3) is 2.28. The summed E-state index contributed by atoms with van der Waals surface area (Å²) in [6.45, 7) is 0. The number of aromatic amines is 1. The van der Waals surface area contributed by atoms with Crippen LogP contribution in [0.5, 0.6) is 0 Å². The number of nitrogens with zero attached hydrogens (tertiary/aromatic N) is 2. The van der Waals surface area contributed by atoms with E-state index in [-0.39, 0.29) is 5.56 Å². The average molecular weight is 230 g/mol. The van der Waals surface area contributed by atoms with Crippen LogP contribution in [0.25, 0.3) is 11.3 Å². The summed E-state index contributed by atoms with van der Waals surface area (Å²) in [4.78, 5) is 12.9. The van der Waals surface area contributed by atoms with Crippen molar-refractivity contribution in [3.63, 3.8) is 0 Å². The summed E-state index contributed by atoms with van der Waals surface area (Å²) in [7, 11) is 3.87. The van der Waals surface area contributed by atoms with Gasteiger partial charge in [-0.1, -0.05) is 6.07 Å². The zero-order valence-corrected chi connectivity index (χ0v) is 9.77. The predicted molar refractivity (Wildman–Crippen MR) is 69.0 cm³/mol. The normalized spacial score (nSPS) is 10.2. The Bertz CT molecular complexity index is 569. The van der Waals surface area contributed by atoms with Gasteiger partial charge in [0.2, 0.25) is 0 Å². The van der Waals surface area contributed by atoms with Gasteiger partial charge in [0.1, 0.15) is 0 Å². The van der Waals surface area contributed by atoms with Gasteiger partial charge in [-0.05, 0) is 18.2 Å². The highest BCUT2D eigenvalue weighted by atomic mass is 16.1. The first-order valence-electron chi connectivity index (χ1n) is 5.21. The number of nitrogens with two attached hydrogens (primary N) is 1. The maximum atomic E-state index is 10.9. The minimum absolute atomic E-state index is 0.216. The molecule has 5 nitrogen and oxygen atoms in total. The molecule has 0 bridgehead atoms. The van der Waals surface area contributed by atoms with Crippen LogP contribution in [0, 0.1) is 0 Å². The molecule has 0 saturated carbocycles. The molecule has 0 saturated heterocycles. The van der Waals surface area contributed by atoms with Crippen molar-refractivity contribution in [2.24, 2.45) is 0 Å². The van der Waals surface area contributed by atoms with Crippen LogP contribution in [-0.4, -0.2) is 24.3 Å². The second kappa shape index (κ2) is 4.29. The van der Waals surface area contributed by atoms with Gasteiger partial charge in [-0.15, -0.1) is 0 Å². The lowest BCUT2D eigenvalue weighted by Crippen LogP contribution is -2.11. The van der Waals surface area contributed by atoms with Crippen LogP contribution in [0.3, 0.4) is 0 Å². The molecule has 3 N–H and O–H groups in total. The molecule has 0 aliphatic carbocycles. The second-order valence-electron chi connectivity index (χ2n) is 3.97. The van der Waals surface area contributed by atoms with E-state index < -0.39 is 0 Å². The molecule has 1 aromatic carbocycles. The topological polar surface area (TPSA) is 75.0 Å². The van der Waals surface area contributed by atoms with Crippen LogP contribution in [0.15, 0.2) is 35.1 Å². The van der Waals surface area contributed by atoms with Gasteiger partial charge in [0.25, 0.3) is 5.56 Å². The van der Waals surface area contributed by atoms with Crippen molar-refractivity contribution in [3.05, 3.63) is 40.7 Å². The molecule has 0 aliphatic heterocycles. The maximum absolute atomic E-state index is 10.9. The number of nitrogens with one attached hydrogen (secondary N) is 1. The first-order chi connectivity index (χ1) is 8.08. The number of hydrogen-bond donors (Lipinski definition) is 2. The number of aromatic nitrogens is 2. The zero-order valence-electron chi connectivity index (χ0n) is 9.77. The van der Waals surface area contributed by atoms with Crippen LogP contribution >= 0.6 is 0 Å². The van der Waals surface area contributed by atoms with Crippen molar-refractivity contribution < 1.29 is 0 Å². The molecule has 0 fully saturated rings. The van der Waals surface area contributed by atoms with E-state index in [4.69, 9.17) is 5.73 Å². The largest absolute Gasteiger partial charge is 0.397 e. The van der Waals surface area contributed by atoms with E-state index in [1.54, 1.807) is 6.07 Å². The van der Waals surface area contributed by atoms with E-state index in [2.05, 4.69) is 10.2 Å². The minimum Gasteiger partial charge on any atom is -0.397 e. The fraction of sp³-hybridized carbons (Fsp3) is 0.167. The molecule has 88 valence electrons. The summed E-state index contributed by atoms with van der Waals surface area (Å²) in [5.74, 6) is 0. The smallest absolute Gasteiger partial charge is 0.264 e. The molecular formula is C12H14N4O. The van der Waals surface area contributed by atoms with E-state index in [1.165, 1.54) is 6.07 Å². The molecule has 0 amide bonds. The SMILES string of the molecule is CN(C)c1ccc(-c2ccc(=O)[nH]n2)cc1N. The Labute approximate surface area is 98.9 Å². The van der Waals surface area contributed by atoms with Gasteiger partial charge in [0.05, 0.1) is 17.1 Å². The van der Waals surface area contributed by atoms with Crippen molar-refractivity contribution in [2.45, 2.75) is 0 Å². The van der Waals surface area contributed by atoms with Gasteiger partial charge in [-0.3, -0.25) is 4.79 Å². The number of rotatable bonds is 2. The first kappa shape index (κ1) is 11.2. The molecule has 17 heavy (non-hydrogen) atoms. The van der Waals surface area contributed by atoms with Gasteiger partial charge in [-0.2, -0.15) is 5.10 Å². The molecule has 1 aromatic heterocycles. The molecule has 0 aliphatic rings. The summed E-state index contributed by atoms with van der Waals surface area (Å²) in [6, 6.07) is 8.81. The van der Waals surface area contributed by atoms with Crippen LogP contribution in [0.2, 0.25) is 0 Å². The summed E-state index contributed by atoms with van der Waals surface area (Å²) < 4.78 is 0. The average Bonchev–Trinajstić information content (AvgIpc) is 2.29. The molecular weight excluding hydrogens is 216 g/mol. The molecule has 0 spiro atoms. The molecule has 0 radical (unpaired) electrons. The highest BCUT2D eigenvalue weighted by molar-refractivity contribution is 5.74. The van der Waals surface area contributed by atoms with Gasteiger partial charge in [0.15, 0.2) is 0 Å². The highest BCUT2D eigenvalue weighted by Gasteiger charge is 2.05. The number of H-pyrrole nitrogens is 1.